The quantitative estimate of drug-likeness (QED) is 0.185. The van der Waals surface area contributed by atoms with Crippen LogP contribution in [-0.4, -0.2) is 123 Å². The molecule has 246 valence electrons. The number of fused-ring (bicyclic) bond motifs is 3. The molecule has 7 atom stereocenters. The van der Waals surface area contributed by atoms with E-state index >= 15 is 0 Å². The van der Waals surface area contributed by atoms with E-state index in [1.54, 1.807) is 19.1 Å². The Kier molecular flexibility index (Phi) is 9.49. The molecule has 2 fully saturated rings. The molecule has 0 saturated carbocycles. The summed E-state index contributed by atoms with van der Waals surface area (Å²) in [4.78, 5) is 15.8. The molecule has 2 heterocycles. The van der Waals surface area contributed by atoms with Crippen LogP contribution in [-0.2, 0) is 20.6 Å². The van der Waals surface area contributed by atoms with Gasteiger partial charge in [-0.3, -0.25) is 15.1 Å². The maximum absolute atomic E-state index is 13.7. The first kappa shape index (κ1) is 33.5. The Bertz CT molecular complexity index is 1480. The van der Waals surface area contributed by atoms with Gasteiger partial charge in [0.25, 0.3) is 0 Å². The zero-order valence-corrected chi connectivity index (χ0v) is 25.7. The molecule has 2 aromatic carbocycles. The average molecular weight is 651 g/mol. The first-order chi connectivity index (χ1) is 21.0. The van der Waals surface area contributed by atoms with Gasteiger partial charge in [-0.2, -0.15) is 0 Å². The maximum atomic E-state index is 13.7. The van der Waals surface area contributed by atoms with E-state index in [0.29, 0.717) is 26.3 Å². The van der Waals surface area contributed by atoms with Crippen molar-refractivity contribution in [1.29, 1.82) is 5.41 Å². The van der Waals surface area contributed by atoms with Gasteiger partial charge in [-0.1, -0.05) is 12.1 Å². The van der Waals surface area contributed by atoms with E-state index in [2.05, 4.69) is 4.90 Å². The molecule has 7 unspecified atom stereocenters. The Morgan fingerprint density at radius 3 is 2.53 bits per heavy atom. The number of nitrogens with zero attached hydrogens (tertiary/aromatic N) is 1. The lowest BCUT2D eigenvalue weighted by molar-refractivity contribution is -0.263. The third-order valence-electron chi connectivity index (χ3n) is 9.45. The fourth-order valence-corrected chi connectivity index (χ4v) is 7.10. The molecule has 2 saturated heterocycles. The van der Waals surface area contributed by atoms with Crippen molar-refractivity contribution in [3.8, 4) is 17.2 Å². The smallest absolute Gasteiger partial charge is 0.198 e. The van der Waals surface area contributed by atoms with E-state index in [1.165, 1.54) is 13.2 Å². The number of phenols is 2. The molecule has 14 heteroatoms. The van der Waals surface area contributed by atoms with Crippen molar-refractivity contribution in [2.75, 3.05) is 40.0 Å². The summed E-state index contributed by atoms with van der Waals surface area (Å²) in [7, 11) is 1.40. The topological polar surface area (TPSA) is 202 Å². The third kappa shape index (κ3) is 5.49. The van der Waals surface area contributed by atoms with Crippen molar-refractivity contribution in [1.82, 2.24) is 4.90 Å². The molecule has 0 amide bonds. The zero-order valence-electron chi connectivity index (χ0n) is 24.9. The molecular formula is C31H39ClN2O11. The molecular weight excluding hydrogens is 612 g/mol. The molecule has 0 bridgehead atoms. The van der Waals surface area contributed by atoms with Gasteiger partial charge in [-0.05, 0) is 13.0 Å². The highest BCUT2D eigenvalue weighted by Gasteiger charge is 2.50. The molecule has 2 aliphatic heterocycles. The lowest BCUT2D eigenvalue weighted by Crippen LogP contribution is -2.58. The van der Waals surface area contributed by atoms with Crippen LogP contribution >= 0.6 is 12.4 Å². The zero-order chi connectivity index (χ0) is 31.5. The minimum Gasteiger partial charge on any atom is -0.507 e. The molecule has 7 N–H and O–H groups in total. The Balaban J connectivity index is 0.00000400. The number of aliphatic hydroxyl groups is 4. The van der Waals surface area contributed by atoms with Crippen LogP contribution in [0, 0.1) is 5.41 Å². The Hall–Kier alpha value is -2.85. The van der Waals surface area contributed by atoms with Crippen LogP contribution in [0.1, 0.15) is 64.0 Å². The predicted molar refractivity (Wildman–Crippen MR) is 161 cm³/mol. The molecule has 13 nitrogen and oxygen atoms in total. The van der Waals surface area contributed by atoms with Gasteiger partial charge in [0.1, 0.15) is 23.4 Å². The van der Waals surface area contributed by atoms with E-state index in [9.17, 15) is 35.4 Å². The van der Waals surface area contributed by atoms with Crippen LogP contribution in [0.25, 0.3) is 0 Å². The largest absolute Gasteiger partial charge is 0.507 e. The van der Waals surface area contributed by atoms with Crippen LogP contribution < -0.4 is 4.74 Å². The number of aromatic hydroxyl groups is 2. The number of ether oxygens (including phenoxy) is 4. The number of hydrogen-bond donors (Lipinski definition) is 7. The second kappa shape index (κ2) is 12.7. The molecule has 6 rings (SSSR count). The summed E-state index contributed by atoms with van der Waals surface area (Å²) in [6, 6.07) is 4.32. The van der Waals surface area contributed by atoms with E-state index in [1.807, 2.05) is 0 Å². The van der Waals surface area contributed by atoms with Crippen molar-refractivity contribution in [2.24, 2.45) is 0 Å². The number of aliphatic hydroxyl groups excluding tert-OH is 3. The summed E-state index contributed by atoms with van der Waals surface area (Å²) in [5.41, 5.74) is -2.52. The van der Waals surface area contributed by atoms with Gasteiger partial charge >= 0.3 is 0 Å². The number of carbonyl (C=O) groups excluding carboxylic acids is 1. The minimum absolute atomic E-state index is 0. The van der Waals surface area contributed by atoms with Crippen LogP contribution in [0.3, 0.4) is 0 Å². The maximum Gasteiger partial charge on any atom is 0.198 e. The van der Waals surface area contributed by atoms with Crippen molar-refractivity contribution in [2.45, 2.75) is 68.5 Å². The van der Waals surface area contributed by atoms with Gasteiger partial charge in [-0.15, -0.1) is 12.4 Å². The summed E-state index contributed by atoms with van der Waals surface area (Å²) in [5, 5.41) is 75.3. The number of ketones is 1. The Morgan fingerprint density at radius 1 is 1.16 bits per heavy atom. The summed E-state index contributed by atoms with van der Waals surface area (Å²) >= 11 is 0. The molecule has 45 heavy (non-hydrogen) atoms. The summed E-state index contributed by atoms with van der Waals surface area (Å²) < 4.78 is 23.3. The Morgan fingerprint density at radius 2 is 1.87 bits per heavy atom. The standard InChI is InChI=1S/C31H38N2O11.ClH/c1-14-27(36)17(33-6-8-42-9-7-33)10-21(43-14)44-19-12-31(40,20(35)13-34)11-16-23(19)30(39)24-25(29(16)38)28(37)15-4-3-5-18(41-2)22(15)26(24)32;/h3-5,14,17,19-21,27,32,34-36,38-40H,6-13H2,1-2H3;1H. The number of hydrogen-bond acceptors (Lipinski definition) is 13. The van der Waals surface area contributed by atoms with Crippen molar-refractivity contribution < 1.29 is 54.4 Å². The van der Waals surface area contributed by atoms with Gasteiger partial charge in [0.15, 0.2) is 12.1 Å². The molecule has 0 radical (unpaired) electrons. The molecule has 4 aliphatic rings. The highest BCUT2D eigenvalue weighted by Crippen LogP contribution is 2.53. The first-order valence-electron chi connectivity index (χ1n) is 14.7. The lowest BCUT2D eigenvalue weighted by Gasteiger charge is -2.46. The molecule has 0 aromatic heterocycles. The van der Waals surface area contributed by atoms with E-state index in [-0.39, 0.29) is 76.1 Å². The van der Waals surface area contributed by atoms with Crippen LogP contribution in [0.5, 0.6) is 17.2 Å². The van der Waals surface area contributed by atoms with E-state index in [4.69, 9.17) is 24.4 Å². The number of morpholine rings is 1. The summed E-state index contributed by atoms with van der Waals surface area (Å²) in [6.07, 6.45) is -5.74. The monoisotopic (exact) mass is 650 g/mol. The minimum atomic E-state index is -2.01. The SMILES string of the molecule is COc1cccc2c1C(=N)c1c(O)c3c(c(O)c1C2=O)CC(O)(C(O)CO)CC3OC1CC(N2CCOCC2)C(O)C(C)O1.Cl. The number of halogens is 1. The number of methoxy groups -OCH3 is 1. The Labute approximate surface area is 265 Å². The highest BCUT2D eigenvalue weighted by molar-refractivity contribution is 6.32. The molecule has 2 aliphatic carbocycles. The first-order valence-corrected chi connectivity index (χ1v) is 14.7. The van der Waals surface area contributed by atoms with Crippen molar-refractivity contribution in [3.05, 3.63) is 51.6 Å². The van der Waals surface area contributed by atoms with Crippen LogP contribution in [0.15, 0.2) is 18.2 Å². The second-order valence-corrected chi connectivity index (χ2v) is 11.9. The number of carbonyl (C=O) groups is 1. The number of rotatable bonds is 6. The molecule has 0 spiro atoms. The van der Waals surface area contributed by atoms with Crippen molar-refractivity contribution in [3.63, 3.8) is 0 Å². The van der Waals surface area contributed by atoms with Crippen LogP contribution in [0.4, 0.5) is 0 Å². The summed E-state index contributed by atoms with van der Waals surface area (Å²) in [6.45, 7) is 3.17. The van der Waals surface area contributed by atoms with Gasteiger partial charge in [0, 0.05) is 55.1 Å². The van der Waals surface area contributed by atoms with Crippen LogP contribution in [0.2, 0.25) is 0 Å². The fraction of sp³-hybridized carbons (Fsp3) is 0.548. The van der Waals surface area contributed by atoms with Gasteiger partial charge in [-0.25, -0.2) is 0 Å². The summed E-state index contributed by atoms with van der Waals surface area (Å²) in [5.74, 6) is -1.45. The van der Waals surface area contributed by atoms with E-state index in [0.717, 1.165) is 0 Å². The van der Waals surface area contributed by atoms with Crippen molar-refractivity contribution >= 4 is 23.9 Å². The third-order valence-corrected chi connectivity index (χ3v) is 9.45. The van der Waals surface area contributed by atoms with Gasteiger partial charge in [0.2, 0.25) is 0 Å². The predicted octanol–water partition coefficient (Wildman–Crippen LogP) is 0.774. The van der Waals surface area contributed by atoms with Gasteiger partial charge < -0.3 is 49.6 Å². The lowest BCUT2D eigenvalue weighted by atomic mass is 9.71. The number of phenolic OH excluding ortho intramolecular Hbond substituents is 2. The number of benzene rings is 2. The fourth-order valence-electron chi connectivity index (χ4n) is 7.10. The highest BCUT2D eigenvalue weighted by atomic mass is 35.5. The number of nitrogens with one attached hydrogen (secondary N) is 1. The molecule has 2 aromatic rings. The van der Waals surface area contributed by atoms with Gasteiger partial charge in [0.05, 0.1) is 73.2 Å². The second-order valence-electron chi connectivity index (χ2n) is 11.9. The van der Waals surface area contributed by atoms with E-state index < -0.39 is 66.6 Å². The average Bonchev–Trinajstić information content (AvgIpc) is 3.02. The normalized spacial score (nSPS) is 30.5.